The number of nitrogens with one attached hydrogen (secondary N) is 1. The van der Waals surface area contributed by atoms with Gasteiger partial charge >= 0.3 is 0 Å². The summed E-state index contributed by atoms with van der Waals surface area (Å²) in [7, 11) is -2.51. The third-order valence-corrected chi connectivity index (χ3v) is 8.61. The van der Waals surface area contributed by atoms with Crippen LogP contribution in [0.25, 0.3) is 0 Å². The van der Waals surface area contributed by atoms with Crippen LogP contribution in [0.5, 0.6) is 5.75 Å². The van der Waals surface area contributed by atoms with Gasteiger partial charge in [0, 0.05) is 13.1 Å². The number of nitrogens with zero attached hydrogens (tertiary/aromatic N) is 2. The van der Waals surface area contributed by atoms with Crippen molar-refractivity contribution in [3.8, 4) is 5.75 Å². The van der Waals surface area contributed by atoms with Gasteiger partial charge in [0.25, 0.3) is 10.0 Å². The van der Waals surface area contributed by atoms with Crippen molar-refractivity contribution in [1.82, 2.24) is 10.2 Å². The minimum Gasteiger partial charge on any atom is -0.497 e. The van der Waals surface area contributed by atoms with Gasteiger partial charge in [0.15, 0.2) is 0 Å². The quantitative estimate of drug-likeness (QED) is 0.289. The number of methoxy groups -OCH3 is 1. The maximum atomic E-state index is 14.1. The number of ether oxygens (including phenoxy) is 1. The van der Waals surface area contributed by atoms with E-state index in [1.54, 1.807) is 49.6 Å². The molecule has 0 aliphatic rings. The predicted octanol–water partition coefficient (Wildman–Crippen LogP) is 5.03. The summed E-state index contributed by atoms with van der Waals surface area (Å²) in [5.41, 5.74) is 2.21. The summed E-state index contributed by atoms with van der Waals surface area (Å²) in [5.74, 6) is 0.156. The van der Waals surface area contributed by atoms with Crippen molar-refractivity contribution in [3.63, 3.8) is 0 Å². The molecule has 3 aromatic rings. The second-order valence-electron chi connectivity index (χ2n) is 10.3. The molecule has 0 aromatic heterocycles. The lowest BCUT2D eigenvalue weighted by Gasteiger charge is -2.33. The van der Waals surface area contributed by atoms with Crippen LogP contribution < -0.4 is 14.4 Å². The molecule has 0 radical (unpaired) electrons. The molecule has 3 rings (SSSR count). The Labute approximate surface area is 244 Å². The van der Waals surface area contributed by atoms with Crippen LogP contribution in [0.15, 0.2) is 83.8 Å². The van der Waals surface area contributed by atoms with Crippen LogP contribution in [0.1, 0.15) is 45.2 Å². The van der Waals surface area contributed by atoms with E-state index in [-0.39, 0.29) is 23.3 Å². The molecule has 0 spiro atoms. The number of anilines is 1. The number of benzene rings is 3. The normalized spacial score (nSPS) is 12.0. The number of hydrogen-bond acceptors (Lipinski definition) is 5. The van der Waals surface area contributed by atoms with Crippen LogP contribution >= 0.6 is 0 Å². The SMILES string of the molecule is CCc1ccc(N(CC(=O)N(Cc2ccc(OC)cc2)C(CC)C(=O)NCC(C)C)S(=O)(=O)c2ccccc2)cc1. The number of carbonyl (C=O) groups is 2. The third-order valence-electron chi connectivity index (χ3n) is 6.83. The molecule has 1 N–H and O–H groups in total. The molecule has 9 heteroatoms. The van der Waals surface area contributed by atoms with Gasteiger partial charge in [0.05, 0.1) is 17.7 Å². The highest BCUT2D eigenvalue weighted by Gasteiger charge is 2.33. The minimum atomic E-state index is -4.09. The van der Waals surface area contributed by atoms with Crippen LogP contribution in [0.3, 0.4) is 0 Å². The molecular weight excluding hydrogens is 538 g/mol. The third kappa shape index (κ3) is 8.33. The molecule has 1 atom stereocenters. The summed E-state index contributed by atoms with van der Waals surface area (Å²) in [5, 5.41) is 2.94. The minimum absolute atomic E-state index is 0.0794. The highest BCUT2D eigenvalue weighted by molar-refractivity contribution is 7.92. The molecule has 0 aliphatic carbocycles. The molecular formula is C32H41N3O5S. The van der Waals surface area contributed by atoms with Gasteiger partial charge in [-0.25, -0.2) is 8.42 Å². The van der Waals surface area contributed by atoms with Crippen LogP contribution in [-0.2, 0) is 32.6 Å². The Balaban J connectivity index is 2.03. The van der Waals surface area contributed by atoms with Gasteiger partial charge in [-0.2, -0.15) is 0 Å². The van der Waals surface area contributed by atoms with E-state index in [1.807, 2.05) is 52.0 Å². The average Bonchev–Trinajstić information content (AvgIpc) is 2.99. The van der Waals surface area contributed by atoms with Gasteiger partial charge in [-0.3, -0.25) is 13.9 Å². The fraction of sp³-hybridized carbons (Fsp3) is 0.375. The Morgan fingerprint density at radius 3 is 2.02 bits per heavy atom. The van der Waals surface area contributed by atoms with E-state index in [9.17, 15) is 18.0 Å². The van der Waals surface area contributed by atoms with Crippen molar-refractivity contribution < 1.29 is 22.7 Å². The van der Waals surface area contributed by atoms with Crippen molar-refractivity contribution in [2.45, 2.75) is 58.0 Å². The summed E-state index contributed by atoms with van der Waals surface area (Å²) < 4.78 is 34.2. The molecule has 0 heterocycles. The number of carbonyl (C=O) groups excluding carboxylic acids is 2. The zero-order valence-electron chi connectivity index (χ0n) is 24.5. The zero-order chi connectivity index (χ0) is 30.0. The van der Waals surface area contributed by atoms with Gasteiger partial charge < -0.3 is 15.0 Å². The molecule has 0 saturated carbocycles. The number of amides is 2. The van der Waals surface area contributed by atoms with Gasteiger partial charge in [-0.1, -0.05) is 70.2 Å². The Bertz CT molecular complexity index is 1380. The monoisotopic (exact) mass is 579 g/mol. The fourth-order valence-corrected chi connectivity index (χ4v) is 5.85. The first kappa shape index (κ1) is 31.7. The lowest BCUT2D eigenvalue weighted by Crippen LogP contribution is -2.52. The molecule has 0 aliphatic heterocycles. The van der Waals surface area contributed by atoms with Gasteiger partial charge in [0.2, 0.25) is 11.8 Å². The second-order valence-corrected chi connectivity index (χ2v) is 12.1. The zero-order valence-corrected chi connectivity index (χ0v) is 25.4. The van der Waals surface area contributed by atoms with E-state index in [2.05, 4.69) is 5.32 Å². The first-order chi connectivity index (χ1) is 19.6. The molecule has 220 valence electrons. The van der Waals surface area contributed by atoms with E-state index in [0.29, 0.717) is 24.4 Å². The largest absolute Gasteiger partial charge is 0.497 e. The maximum absolute atomic E-state index is 14.1. The summed E-state index contributed by atoms with van der Waals surface area (Å²) >= 11 is 0. The molecule has 0 bridgehead atoms. The molecule has 41 heavy (non-hydrogen) atoms. The Morgan fingerprint density at radius 2 is 1.49 bits per heavy atom. The van der Waals surface area contributed by atoms with E-state index in [1.165, 1.54) is 17.0 Å². The van der Waals surface area contributed by atoms with E-state index < -0.39 is 28.5 Å². The van der Waals surface area contributed by atoms with E-state index in [0.717, 1.165) is 21.9 Å². The van der Waals surface area contributed by atoms with Crippen molar-refractivity contribution in [2.24, 2.45) is 5.92 Å². The van der Waals surface area contributed by atoms with E-state index in [4.69, 9.17) is 4.74 Å². The summed E-state index contributed by atoms with van der Waals surface area (Å²) in [6.45, 7) is 7.99. The first-order valence-corrected chi connectivity index (χ1v) is 15.4. The van der Waals surface area contributed by atoms with Crippen molar-refractivity contribution >= 4 is 27.5 Å². The molecule has 0 saturated heterocycles. The van der Waals surface area contributed by atoms with Gasteiger partial charge in [-0.15, -0.1) is 0 Å². The smallest absolute Gasteiger partial charge is 0.264 e. The number of sulfonamides is 1. The summed E-state index contributed by atoms with van der Waals surface area (Å²) in [6, 6.07) is 21.7. The van der Waals surface area contributed by atoms with Gasteiger partial charge in [0.1, 0.15) is 18.3 Å². The molecule has 3 aromatic carbocycles. The Hall–Kier alpha value is -3.85. The van der Waals surface area contributed by atoms with Crippen molar-refractivity contribution in [3.05, 3.63) is 90.0 Å². The Morgan fingerprint density at radius 1 is 0.878 bits per heavy atom. The van der Waals surface area contributed by atoms with Crippen molar-refractivity contribution in [2.75, 3.05) is 24.5 Å². The van der Waals surface area contributed by atoms with Crippen LogP contribution in [0.4, 0.5) is 5.69 Å². The lowest BCUT2D eigenvalue weighted by atomic mass is 10.1. The van der Waals surface area contributed by atoms with Crippen LogP contribution in [0.2, 0.25) is 0 Å². The predicted molar refractivity (Wildman–Crippen MR) is 162 cm³/mol. The highest BCUT2D eigenvalue weighted by atomic mass is 32.2. The highest BCUT2D eigenvalue weighted by Crippen LogP contribution is 2.25. The Kier molecular flexibility index (Phi) is 11.3. The number of hydrogen-bond donors (Lipinski definition) is 1. The molecule has 8 nitrogen and oxygen atoms in total. The summed E-state index contributed by atoms with van der Waals surface area (Å²) in [4.78, 5) is 29.0. The standard InChI is InChI=1S/C32H41N3O5S/c1-6-25-13-17-27(18-14-25)35(41(38,39)29-11-9-8-10-12-29)23-31(36)34(22-26-15-19-28(40-5)20-16-26)30(7-2)32(37)33-21-24(3)4/h8-20,24,30H,6-7,21-23H2,1-5H3,(H,33,37). The van der Waals surface area contributed by atoms with Crippen molar-refractivity contribution in [1.29, 1.82) is 0 Å². The number of rotatable bonds is 14. The molecule has 0 fully saturated rings. The lowest BCUT2D eigenvalue weighted by molar-refractivity contribution is -0.140. The fourth-order valence-electron chi connectivity index (χ4n) is 4.42. The van der Waals surface area contributed by atoms with Crippen LogP contribution in [-0.4, -0.2) is 51.4 Å². The van der Waals surface area contributed by atoms with Crippen LogP contribution in [0, 0.1) is 5.92 Å². The first-order valence-electron chi connectivity index (χ1n) is 14.0. The summed E-state index contributed by atoms with van der Waals surface area (Å²) in [6.07, 6.45) is 1.16. The maximum Gasteiger partial charge on any atom is 0.264 e. The molecule has 1 unspecified atom stereocenters. The number of aryl methyl sites for hydroxylation is 1. The topological polar surface area (TPSA) is 96.0 Å². The van der Waals surface area contributed by atoms with E-state index >= 15 is 0 Å². The second kappa shape index (κ2) is 14.7. The average molecular weight is 580 g/mol. The van der Waals surface area contributed by atoms with Gasteiger partial charge in [-0.05, 0) is 66.3 Å². The molecule has 2 amide bonds.